The van der Waals surface area contributed by atoms with Crippen molar-refractivity contribution in [3.63, 3.8) is 0 Å². The first kappa shape index (κ1) is 21.9. The Labute approximate surface area is 148 Å². The van der Waals surface area contributed by atoms with Gasteiger partial charge in [-0.1, -0.05) is 59.4 Å². The molecule has 2 N–H and O–H groups in total. The third-order valence-corrected chi connectivity index (χ3v) is 3.90. The predicted molar refractivity (Wildman–Crippen MR) is 106 cm³/mol. The van der Waals surface area contributed by atoms with Gasteiger partial charge in [-0.05, 0) is 37.1 Å². The molecule has 0 saturated carbocycles. The molecule has 0 aliphatic carbocycles. The summed E-state index contributed by atoms with van der Waals surface area (Å²) in [6.45, 7) is 18.9. The fraction of sp³-hybridized carbons (Fsp3) is 0.632. The maximum absolute atomic E-state index is 5.90. The normalized spacial score (nSPS) is 13.2. The molecule has 0 amide bonds. The van der Waals surface area contributed by atoms with Crippen LogP contribution in [0.2, 0.25) is 0 Å². The molecule has 0 fully saturated rings. The molecule has 0 aliphatic rings. The molecule has 0 radical (unpaired) electrons. The lowest BCUT2D eigenvalue weighted by atomic mass is 9.91. The van der Waals surface area contributed by atoms with Crippen LogP contribution in [-0.2, 0) is 4.74 Å². The van der Waals surface area contributed by atoms with E-state index in [2.05, 4.69) is 51.8 Å². The van der Waals surface area contributed by atoms with Gasteiger partial charge in [-0.3, -0.25) is 0 Å². The predicted octanol–water partition coefficient (Wildman–Crippen LogP) is 4.58. The molecule has 0 unspecified atom stereocenters. The van der Waals surface area contributed by atoms with Gasteiger partial charge in [0.2, 0.25) is 0 Å². The highest BCUT2D eigenvalue weighted by atomic mass is 32.1. The second-order valence-corrected chi connectivity index (χ2v) is 7.73. The molecule has 0 saturated heterocycles. The molecule has 0 aromatic heterocycles. The third kappa shape index (κ3) is 11.1. The Kier molecular flexibility index (Phi) is 10.1. The Morgan fingerprint density at radius 3 is 2.30 bits per heavy atom. The van der Waals surface area contributed by atoms with Gasteiger partial charge in [0.1, 0.15) is 0 Å². The van der Waals surface area contributed by atoms with Crippen molar-refractivity contribution in [3.05, 3.63) is 36.6 Å². The average molecular weight is 339 g/mol. The van der Waals surface area contributed by atoms with Gasteiger partial charge in [0.15, 0.2) is 5.11 Å². The van der Waals surface area contributed by atoms with Crippen LogP contribution >= 0.6 is 12.2 Å². The average Bonchev–Trinajstić information content (AvgIpc) is 2.49. The first-order valence-corrected chi connectivity index (χ1v) is 8.64. The van der Waals surface area contributed by atoms with Gasteiger partial charge in [0.05, 0.1) is 13.2 Å². The van der Waals surface area contributed by atoms with Crippen molar-refractivity contribution in [3.8, 4) is 0 Å². The van der Waals surface area contributed by atoms with E-state index in [0.717, 1.165) is 25.3 Å². The van der Waals surface area contributed by atoms with Crippen molar-refractivity contribution in [2.75, 3.05) is 19.8 Å². The van der Waals surface area contributed by atoms with E-state index in [1.807, 2.05) is 25.2 Å². The number of thiocarbonyl (C=S) groups is 1. The summed E-state index contributed by atoms with van der Waals surface area (Å²) < 4.78 is 5.90. The quantitative estimate of drug-likeness (QED) is 0.451. The molecule has 0 bridgehead atoms. The molecule has 0 heterocycles. The van der Waals surface area contributed by atoms with Crippen LogP contribution in [-0.4, -0.2) is 24.9 Å². The van der Waals surface area contributed by atoms with E-state index in [1.165, 1.54) is 0 Å². The van der Waals surface area contributed by atoms with Crippen LogP contribution in [0.1, 0.15) is 48.0 Å². The molecule has 132 valence electrons. The number of ether oxygens (including phenoxy) is 1. The van der Waals surface area contributed by atoms with Gasteiger partial charge in [-0.15, -0.1) is 0 Å². The lowest BCUT2D eigenvalue weighted by molar-refractivity contribution is 0.0155. The smallest absolute Gasteiger partial charge is 0.170 e. The van der Waals surface area contributed by atoms with Crippen molar-refractivity contribution in [1.82, 2.24) is 10.6 Å². The Balaban J connectivity index is 4.24. The number of allylic oxidation sites excluding steroid dienone is 4. The van der Waals surface area contributed by atoms with Gasteiger partial charge in [-0.25, -0.2) is 0 Å². The van der Waals surface area contributed by atoms with E-state index < -0.39 is 0 Å². The van der Waals surface area contributed by atoms with E-state index >= 15 is 0 Å². The van der Waals surface area contributed by atoms with Crippen LogP contribution in [0.15, 0.2) is 36.6 Å². The third-order valence-electron chi connectivity index (χ3n) is 3.65. The molecule has 4 heteroatoms. The van der Waals surface area contributed by atoms with Gasteiger partial charge in [0, 0.05) is 17.7 Å². The van der Waals surface area contributed by atoms with Crippen molar-refractivity contribution in [2.45, 2.75) is 48.0 Å². The highest BCUT2D eigenvalue weighted by molar-refractivity contribution is 7.80. The van der Waals surface area contributed by atoms with Gasteiger partial charge in [0.25, 0.3) is 0 Å². The minimum absolute atomic E-state index is 0.0165. The minimum atomic E-state index is 0.0165. The standard InChI is InChI=1S/C19H34N2OS/c1-8-11-12-16(9-2)21-17(23)20-13-19(6,7)15-22-14-18(4,5)10-3/h8-9,11-12H,1,10,13-15H2,2-7H3,(H2,20,21,23)/b12-11-,16-9+. The molecule has 0 aromatic rings. The summed E-state index contributed by atoms with van der Waals surface area (Å²) in [7, 11) is 0. The molecule has 0 aromatic carbocycles. The Hall–Kier alpha value is -1.13. The number of hydrogen-bond donors (Lipinski definition) is 2. The van der Waals surface area contributed by atoms with Crippen molar-refractivity contribution in [1.29, 1.82) is 0 Å². The fourth-order valence-corrected chi connectivity index (χ4v) is 1.82. The maximum Gasteiger partial charge on any atom is 0.170 e. The van der Waals surface area contributed by atoms with E-state index in [0.29, 0.717) is 11.7 Å². The lowest BCUT2D eigenvalue weighted by Crippen LogP contribution is -2.41. The molecule has 0 aliphatic heterocycles. The molecule has 0 spiro atoms. The first-order valence-electron chi connectivity index (χ1n) is 8.24. The van der Waals surface area contributed by atoms with E-state index in [-0.39, 0.29) is 10.8 Å². The Morgan fingerprint density at radius 2 is 1.78 bits per heavy atom. The zero-order valence-electron chi connectivity index (χ0n) is 15.7. The van der Waals surface area contributed by atoms with Crippen LogP contribution in [0.25, 0.3) is 0 Å². The van der Waals surface area contributed by atoms with Crippen LogP contribution in [0, 0.1) is 10.8 Å². The topological polar surface area (TPSA) is 33.3 Å². The molecule has 3 nitrogen and oxygen atoms in total. The first-order chi connectivity index (χ1) is 10.7. The molecule has 0 atom stereocenters. The zero-order valence-corrected chi connectivity index (χ0v) is 16.5. The summed E-state index contributed by atoms with van der Waals surface area (Å²) >= 11 is 5.34. The largest absolute Gasteiger partial charge is 0.380 e. The summed E-state index contributed by atoms with van der Waals surface area (Å²) in [5, 5.41) is 7.05. The molecule has 23 heavy (non-hydrogen) atoms. The van der Waals surface area contributed by atoms with Gasteiger partial charge < -0.3 is 15.4 Å². The highest BCUT2D eigenvalue weighted by Crippen LogP contribution is 2.22. The monoisotopic (exact) mass is 338 g/mol. The highest BCUT2D eigenvalue weighted by Gasteiger charge is 2.21. The fourth-order valence-electron chi connectivity index (χ4n) is 1.63. The van der Waals surface area contributed by atoms with E-state index in [4.69, 9.17) is 17.0 Å². The number of hydrogen-bond acceptors (Lipinski definition) is 2. The van der Waals surface area contributed by atoms with Crippen molar-refractivity contribution >= 4 is 17.3 Å². The van der Waals surface area contributed by atoms with E-state index in [9.17, 15) is 0 Å². The van der Waals surface area contributed by atoms with Crippen molar-refractivity contribution in [2.24, 2.45) is 10.8 Å². The Morgan fingerprint density at radius 1 is 1.17 bits per heavy atom. The Bertz CT molecular complexity index is 437. The van der Waals surface area contributed by atoms with Crippen LogP contribution in [0.4, 0.5) is 0 Å². The summed E-state index contributed by atoms with van der Waals surface area (Å²) in [5.41, 5.74) is 1.20. The van der Waals surface area contributed by atoms with Gasteiger partial charge in [-0.2, -0.15) is 0 Å². The SMILES string of the molecule is C=C/C=C\C(=C/C)NC(=S)NCC(C)(C)COCC(C)(C)CC. The second-order valence-electron chi connectivity index (χ2n) is 7.32. The molecule has 0 rings (SSSR count). The molecular formula is C19H34N2OS. The van der Waals surface area contributed by atoms with Crippen LogP contribution in [0.3, 0.4) is 0 Å². The van der Waals surface area contributed by atoms with E-state index in [1.54, 1.807) is 6.08 Å². The maximum atomic E-state index is 5.90. The zero-order chi connectivity index (χ0) is 17.9. The summed E-state index contributed by atoms with van der Waals surface area (Å²) in [6, 6.07) is 0. The van der Waals surface area contributed by atoms with Gasteiger partial charge >= 0.3 is 0 Å². The van der Waals surface area contributed by atoms with Crippen molar-refractivity contribution < 1.29 is 4.74 Å². The summed E-state index contributed by atoms with van der Waals surface area (Å²) in [5.74, 6) is 0. The van der Waals surface area contributed by atoms with Crippen LogP contribution < -0.4 is 10.6 Å². The second kappa shape index (κ2) is 10.6. The lowest BCUT2D eigenvalue weighted by Gasteiger charge is -2.29. The summed E-state index contributed by atoms with van der Waals surface area (Å²) in [4.78, 5) is 0. The number of rotatable bonds is 10. The van der Waals surface area contributed by atoms with Crippen LogP contribution in [0.5, 0.6) is 0 Å². The minimum Gasteiger partial charge on any atom is -0.380 e. The summed E-state index contributed by atoms with van der Waals surface area (Å²) in [6.07, 6.45) is 8.62. The number of nitrogens with one attached hydrogen (secondary N) is 2. The molecular weight excluding hydrogens is 304 g/mol.